The number of benzene rings is 3. The Kier molecular flexibility index (Phi) is 7.08. The molecule has 0 N–H and O–H groups in total. The molecule has 0 unspecified atom stereocenters. The number of unbranched alkanes of at least 4 members (excludes halogenated alkanes) is 4. The predicted molar refractivity (Wildman–Crippen MR) is 112 cm³/mol. The second-order valence-corrected chi connectivity index (χ2v) is 7.32. The van der Waals surface area contributed by atoms with Gasteiger partial charge in [0, 0.05) is 22.6 Å². The van der Waals surface area contributed by atoms with Crippen molar-refractivity contribution in [2.45, 2.75) is 45.4 Å². The SMILES string of the molecule is CCCCCCCc1ccc(-c2ccc3c(F)c(C=C(F)F)ccc3c2)c(F)c1. The Morgan fingerprint density at radius 3 is 2.38 bits per heavy atom. The minimum Gasteiger partial charge on any atom is -0.206 e. The van der Waals surface area contributed by atoms with Crippen LogP contribution in [0.4, 0.5) is 17.6 Å². The number of halogens is 4. The van der Waals surface area contributed by atoms with E-state index in [0.29, 0.717) is 22.6 Å². The van der Waals surface area contributed by atoms with E-state index in [1.54, 1.807) is 30.3 Å². The Hall–Kier alpha value is -2.62. The average Bonchev–Trinajstić information content (AvgIpc) is 2.69. The van der Waals surface area contributed by atoms with Crippen molar-refractivity contribution in [3.8, 4) is 11.1 Å². The Morgan fingerprint density at radius 1 is 0.862 bits per heavy atom. The van der Waals surface area contributed by atoms with E-state index in [1.165, 1.54) is 31.4 Å². The molecule has 0 spiro atoms. The van der Waals surface area contributed by atoms with Gasteiger partial charge in [0.15, 0.2) is 0 Å². The van der Waals surface area contributed by atoms with Crippen LogP contribution in [0.5, 0.6) is 0 Å². The lowest BCUT2D eigenvalue weighted by Gasteiger charge is -2.09. The van der Waals surface area contributed by atoms with E-state index in [9.17, 15) is 17.6 Å². The van der Waals surface area contributed by atoms with Gasteiger partial charge in [0.2, 0.25) is 0 Å². The first kappa shape index (κ1) is 21.1. The van der Waals surface area contributed by atoms with Crippen LogP contribution in [0.1, 0.15) is 50.2 Å². The van der Waals surface area contributed by atoms with Crippen LogP contribution in [-0.4, -0.2) is 0 Å². The molecule has 0 aliphatic heterocycles. The van der Waals surface area contributed by atoms with Crippen LogP contribution in [0.3, 0.4) is 0 Å². The molecule has 0 amide bonds. The zero-order chi connectivity index (χ0) is 20.8. The molecule has 29 heavy (non-hydrogen) atoms. The van der Waals surface area contributed by atoms with Gasteiger partial charge in [-0.15, -0.1) is 0 Å². The second-order valence-electron chi connectivity index (χ2n) is 7.32. The lowest BCUT2D eigenvalue weighted by molar-refractivity contribution is 0.429. The fourth-order valence-electron chi connectivity index (χ4n) is 3.59. The van der Waals surface area contributed by atoms with Crippen molar-refractivity contribution in [2.24, 2.45) is 0 Å². The topological polar surface area (TPSA) is 0 Å². The quantitative estimate of drug-likeness (QED) is 0.262. The van der Waals surface area contributed by atoms with E-state index in [0.717, 1.165) is 24.8 Å². The van der Waals surface area contributed by atoms with Crippen LogP contribution in [0, 0.1) is 11.6 Å². The molecular weight excluding hydrogens is 376 g/mol. The fourth-order valence-corrected chi connectivity index (χ4v) is 3.59. The molecule has 3 aromatic carbocycles. The van der Waals surface area contributed by atoms with Crippen molar-refractivity contribution in [1.29, 1.82) is 0 Å². The van der Waals surface area contributed by atoms with Gasteiger partial charge < -0.3 is 0 Å². The molecule has 4 heteroatoms. The third kappa shape index (κ3) is 5.26. The van der Waals surface area contributed by atoms with Crippen molar-refractivity contribution in [3.63, 3.8) is 0 Å². The predicted octanol–water partition coefficient (Wildman–Crippen LogP) is 8.54. The monoisotopic (exact) mass is 400 g/mol. The Labute approximate surface area is 168 Å². The number of rotatable bonds is 8. The summed E-state index contributed by atoms with van der Waals surface area (Å²) in [5, 5.41) is 0.767. The van der Waals surface area contributed by atoms with Crippen molar-refractivity contribution in [3.05, 3.63) is 77.4 Å². The first-order valence-electron chi connectivity index (χ1n) is 10.0. The summed E-state index contributed by atoms with van der Waals surface area (Å²) in [6.45, 7) is 2.18. The highest BCUT2D eigenvalue weighted by Crippen LogP contribution is 2.30. The molecule has 0 radical (unpaired) electrons. The first-order valence-corrected chi connectivity index (χ1v) is 10.0. The minimum atomic E-state index is -1.95. The van der Waals surface area contributed by atoms with Gasteiger partial charge in [-0.25, -0.2) is 8.78 Å². The summed E-state index contributed by atoms with van der Waals surface area (Å²) in [6.07, 6.45) is 5.24. The zero-order valence-electron chi connectivity index (χ0n) is 16.5. The third-order valence-electron chi connectivity index (χ3n) is 5.16. The summed E-state index contributed by atoms with van der Waals surface area (Å²) in [5.74, 6) is -1.02. The molecular formula is C25H24F4. The summed E-state index contributed by atoms with van der Waals surface area (Å²) in [4.78, 5) is 0. The van der Waals surface area contributed by atoms with Crippen LogP contribution in [0.15, 0.2) is 54.6 Å². The van der Waals surface area contributed by atoms with Gasteiger partial charge >= 0.3 is 0 Å². The van der Waals surface area contributed by atoms with Gasteiger partial charge in [-0.2, -0.15) is 8.78 Å². The van der Waals surface area contributed by atoms with E-state index < -0.39 is 11.9 Å². The minimum absolute atomic E-state index is 0.167. The Balaban J connectivity index is 1.82. The normalized spacial score (nSPS) is 11.1. The molecule has 0 nitrogen and oxygen atoms in total. The van der Waals surface area contributed by atoms with Crippen molar-refractivity contribution in [2.75, 3.05) is 0 Å². The molecule has 0 aliphatic carbocycles. The highest BCUT2D eigenvalue weighted by Gasteiger charge is 2.11. The van der Waals surface area contributed by atoms with Crippen LogP contribution in [-0.2, 0) is 6.42 Å². The molecule has 3 rings (SSSR count). The van der Waals surface area contributed by atoms with E-state index in [1.807, 2.05) is 6.07 Å². The number of aryl methyl sites for hydroxylation is 1. The van der Waals surface area contributed by atoms with Gasteiger partial charge in [-0.05, 0) is 41.5 Å². The van der Waals surface area contributed by atoms with Crippen LogP contribution in [0.2, 0.25) is 0 Å². The Bertz CT molecular complexity index is 1020. The molecule has 0 saturated carbocycles. The smallest absolute Gasteiger partial charge is 0.206 e. The lowest BCUT2D eigenvalue weighted by Crippen LogP contribution is -1.92. The summed E-state index contributed by atoms with van der Waals surface area (Å²) in [5.41, 5.74) is 1.88. The largest absolute Gasteiger partial charge is 0.271 e. The van der Waals surface area contributed by atoms with E-state index in [2.05, 4.69) is 6.92 Å². The Morgan fingerprint density at radius 2 is 1.66 bits per heavy atom. The van der Waals surface area contributed by atoms with Crippen molar-refractivity contribution in [1.82, 2.24) is 0 Å². The molecule has 0 saturated heterocycles. The van der Waals surface area contributed by atoms with E-state index in [-0.39, 0.29) is 16.8 Å². The molecule has 152 valence electrons. The first-order chi connectivity index (χ1) is 14.0. The maximum Gasteiger partial charge on any atom is 0.271 e. The van der Waals surface area contributed by atoms with Gasteiger partial charge in [0.25, 0.3) is 6.08 Å². The summed E-state index contributed by atoms with van der Waals surface area (Å²) >= 11 is 0. The maximum atomic E-state index is 14.7. The summed E-state index contributed by atoms with van der Waals surface area (Å²) in [6, 6.07) is 12.9. The summed E-state index contributed by atoms with van der Waals surface area (Å²) < 4.78 is 54.0. The molecule has 3 aromatic rings. The maximum absolute atomic E-state index is 14.7. The van der Waals surface area contributed by atoms with Crippen molar-refractivity contribution >= 4 is 16.8 Å². The molecule has 0 heterocycles. The van der Waals surface area contributed by atoms with Gasteiger partial charge in [-0.3, -0.25) is 0 Å². The van der Waals surface area contributed by atoms with Gasteiger partial charge in [0.05, 0.1) is 0 Å². The van der Waals surface area contributed by atoms with Crippen LogP contribution >= 0.6 is 0 Å². The number of hydrogen-bond donors (Lipinski definition) is 0. The second kappa shape index (κ2) is 9.73. The summed E-state index contributed by atoms with van der Waals surface area (Å²) in [7, 11) is 0. The highest BCUT2D eigenvalue weighted by molar-refractivity contribution is 5.89. The van der Waals surface area contributed by atoms with Gasteiger partial charge in [-0.1, -0.05) is 69.0 Å². The van der Waals surface area contributed by atoms with Crippen LogP contribution < -0.4 is 0 Å². The van der Waals surface area contributed by atoms with E-state index >= 15 is 0 Å². The van der Waals surface area contributed by atoms with Crippen LogP contribution in [0.25, 0.3) is 28.0 Å². The molecule has 0 aromatic heterocycles. The molecule has 0 aliphatic rings. The molecule has 0 bridgehead atoms. The number of fused-ring (bicyclic) bond motifs is 1. The molecule has 0 atom stereocenters. The number of hydrogen-bond acceptors (Lipinski definition) is 0. The molecule has 0 fully saturated rings. The third-order valence-corrected chi connectivity index (χ3v) is 5.16. The zero-order valence-corrected chi connectivity index (χ0v) is 16.5. The van der Waals surface area contributed by atoms with E-state index in [4.69, 9.17) is 0 Å². The van der Waals surface area contributed by atoms with Crippen molar-refractivity contribution < 1.29 is 17.6 Å². The van der Waals surface area contributed by atoms with Gasteiger partial charge in [0.1, 0.15) is 11.6 Å². The lowest BCUT2D eigenvalue weighted by atomic mass is 9.97. The standard InChI is InChI=1S/C25H24F4/c1-2-3-4-5-6-7-17-8-12-21(23(26)14-17)18-11-13-22-19(15-18)9-10-20(25(22)29)16-24(27)28/h8-16H,2-7H2,1H3. The average molecular weight is 400 g/mol. The highest BCUT2D eigenvalue weighted by atomic mass is 19.3. The fraction of sp³-hybridized carbons (Fsp3) is 0.280.